The predicted octanol–water partition coefficient (Wildman–Crippen LogP) is 4.02. The third-order valence-corrected chi connectivity index (χ3v) is 6.58. The molecule has 182 valence electrons. The Morgan fingerprint density at radius 2 is 1.91 bits per heavy atom. The number of hydrogen-bond acceptors (Lipinski definition) is 7. The van der Waals surface area contributed by atoms with Crippen molar-refractivity contribution < 1.29 is 9.53 Å². The van der Waals surface area contributed by atoms with E-state index in [-0.39, 0.29) is 17.6 Å². The third kappa shape index (κ3) is 6.19. The fourth-order valence-corrected chi connectivity index (χ4v) is 4.50. The second kappa shape index (κ2) is 11.4. The molecule has 35 heavy (non-hydrogen) atoms. The molecule has 9 heteroatoms. The van der Waals surface area contributed by atoms with Crippen LogP contribution in [0.3, 0.4) is 0 Å². The van der Waals surface area contributed by atoms with Gasteiger partial charge in [0.15, 0.2) is 4.80 Å². The van der Waals surface area contributed by atoms with Crippen LogP contribution in [-0.4, -0.2) is 52.6 Å². The highest BCUT2D eigenvalue weighted by Crippen LogP contribution is 2.25. The van der Waals surface area contributed by atoms with Crippen LogP contribution in [0.5, 0.6) is 0 Å². The molecule has 1 unspecified atom stereocenters. The first kappa shape index (κ1) is 24.7. The van der Waals surface area contributed by atoms with Gasteiger partial charge in [-0.1, -0.05) is 30.3 Å². The van der Waals surface area contributed by atoms with Gasteiger partial charge in [0.05, 0.1) is 42.2 Å². The Bertz CT molecular complexity index is 1380. The lowest BCUT2D eigenvalue weighted by atomic mass is 10.1. The molecule has 2 aromatic carbocycles. The van der Waals surface area contributed by atoms with E-state index in [1.165, 1.54) is 6.20 Å². The van der Waals surface area contributed by atoms with Crippen LogP contribution in [0.4, 0.5) is 5.69 Å². The molecule has 0 aliphatic carbocycles. The van der Waals surface area contributed by atoms with Gasteiger partial charge in [0.25, 0.3) is 5.91 Å². The Labute approximate surface area is 209 Å². The molecule has 0 spiro atoms. The Balaban J connectivity index is 1.50. The van der Waals surface area contributed by atoms with Gasteiger partial charge < -0.3 is 19.5 Å². The minimum Gasteiger partial charge on any atom is -0.374 e. The highest BCUT2D eigenvalue weighted by molar-refractivity contribution is 7.07. The summed E-state index contributed by atoms with van der Waals surface area (Å²) in [5.74, 6) is -0.304. The van der Waals surface area contributed by atoms with Gasteiger partial charge in [0.2, 0.25) is 0 Å². The first-order valence-corrected chi connectivity index (χ1v) is 12.3. The normalized spacial score (nSPS) is 12.9. The van der Waals surface area contributed by atoms with Crippen molar-refractivity contribution in [2.75, 3.05) is 32.6 Å². The Morgan fingerprint density at radius 1 is 1.17 bits per heavy atom. The molecule has 0 radical (unpaired) electrons. The predicted molar refractivity (Wildman–Crippen MR) is 139 cm³/mol. The average molecular weight is 491 g/mol. The van der Waals surface area contributed by atoms with Crippen LogP contribution in [0.2, 0.25) is 0 Å². The molecule has 2 aromatic heterocycles. The van der Waals surface area contributed by atoms with Gasteiger partial charge in [-0.3, -0.25) is 14.8 Å². The number of thiazole rings is 1. The fraction of sp³-hybridized carbons (Fsp3) is 0.308. The second-order valence-corrected chi connectivity index (χ2v) is 9.35. The van der Waals surface area contributed by atoms with Gasteiger partial charge in [0, 0.05) is 24.7 Å². The van der Waals surface area contributed by atoms with Crippen LogP contribution in [-0.2, 0) is 18.4 Å². The summed E-state index contributed by atoms with van der Waals surface area (Å²) in [5.41, 5.74) is 4.41. The average Bonchev–Trinajstić information content (AvgIpc) is 3.20. The van der Waals surface area contributed by atoms with E-state index >= 15 is 0 Å². The largest absolute Gasteiger partial charge is 0.374 e. The van der Waals surface area contributed by atoms with Gasteiger partial charge in [-0.15, -0.1) is 11.3 Å². The van der Waals surface area contributed by atoms with E-state index in [4.69, 9.17) is 9.73 Å². The second-order valence-electron chi connectivity index (χ2n) is 8.51. The van der Waals surface area contributed by atoms with Crippen LogP contribution < -0.4 is 10.1 Å². The summed E-state index contributed by atoms with van der Waals surface area (Å²) in [6.45, 7) is 4.13. The van der Waals surface area contributed by atoms with Crippen molar-refractivity contribution in [1.82, 2.24) is 19.4 Å². The number of nitrogens with one attached hydrogen (secondary N) is 1. The highest BCUT2D eigenvalue weighted by atomic mass is 32.1. The molecule has 0 bridgehead atoms. The van der Waals surface area contributed by atoms with E-state index in [9.17, 15) is 4.79 Å². The van der Waals surface area contributed by atoms with Crippen molar-refractivity contribution in [2.45, 2.75) is 19.6 Å². The van der Waals surface area contributed by atoms with Crippen molar-refractivity contribution in [3.63, 3.8) is 0 Å². The van der Waals surface area contributed by atoms with Gasteiger partial charge in [-0.25, -0.2) is 4.98 Å². The topological polar surface area (TPSA) is 84.6 Å². The number of hydrogen-bond donors (Lipinski definition) is 1. The first-order valence-electron chi connectivity index (χ1n) is 11.4. The van der Waals surface area contributed by atoms with E-state index in [0.717, 1.165) is 28.1 Å². The molecule has 0 aliphatic heterocycles. The van der Waals surface area contributed by atoms with E-state index in [1.54, 1.807) is 11.3 Å². The maximum absolute atomic E-state index is 13.0. The van der Waals surface area contributed by atoms with Crippen molar-refractivity contribution in [3.05, 3.63) is 81.9 Å². The lowest BCUT2D eigenvalue weighted by Crippen LogP contribution is -2.19. The first-order chi connectivity index (χ1) is 16.9. The summed E-state index contributed by atoms with van der Waals surface area (Å²) < 4.78 is 7.85. The quantitative estimate of drug-likeness (QED) is 0.358. The molecule has 0 aliphatic rings. The molecule has 8 nitrogen and oxygen atoms in total. The number of aromatic nitrogens is 3. The Morgan fingerprint density at radius 3 is 2.71 bits per heavy atom. The molecule has 0 saturated carbocycles. The van der Waals surface area contributed by atoms with Gasteiger partial charge in [0.1, 0.15) is 5.69 Å². The molecule has 2 heterocycles. The molecule has 1 amide bonds. The van der Waals surface area contributed by atoms with E-state index in [2.05, 4.69) is 30.1 Å². The number of carbonyl (C=O) groups is 1. The number of carbonyl (C=O) groups excluding carboxylic acids is 1. The van der Waals surface area contributed by atoms with Crippen LogP contribution in [0.1, 0.15) is 34.7 Å². The van der Waals surface area contributed by atoms with Crippen molar-refractivity contribution >= 4 is 34.0 Å². The summed E-state index contributed by atoms with van der Waals surface area (Å²) in [5, 5.41) is 5.07. The van der Waals surface area contributed by atoms with E-state index in [0.29, 0.717) is 24.4 Å². The Kier molecular flexibility index (Phi) is 8.02. The molecule has 4 aromatic rings. The van der Waals surface area contributed by atoms with Gasteiger partial charge in [-0.05, 0) is 44.8 Å². The lowest BCUT2D eigenvalue weighted by Gasteiger charge is -2.14. The van der Waals surface area contributed by atoms with Crippen molar-refractivity contribution in [3.8, 4) is 0 Å². The van der Waals surface area contributed by atoms with Crippen molar-refractivity contribution in [2.24, 2.45) is 12.0 Å². The van der Waals surface area contributed by atoms with Crippen LogP contribution in [0.15, 0.2) is 65.1 Å². The number of ether oxygens (including phenoxy) is 1. The maximum atomic E-state index is 13.0. The summed E-state index contributed by atoms with van der Waals surface area (Å²) >= 11 is 1.58. The van der Waals surface area contributed by atoms with Crippen LogP contribution in [0, 0.1) is 0 Å². The van der Waals surface area contributed by atoms with Gasteiger partial charge >= 0.3 is 0 Å². The minimum absolute atomic E-state index is 0.165. The number of amides is 1. The zero-order valence-electron chi connectivity index (χ0n) is 20.4. The smallest absolute Gasteiger partial charge is 0.275 e. The zero-order chi connectivity index (χ0) is 24.8. The van der Waals surface area contributed by atoms with Crippen LogP contribution in [0.25, 0.3) is 11.0 Å². The minimum atomic E-state index is -0.304. The van der Waals surface area contributed by atoms with Crippen molar-refractivity contribution in [1.29, 1.82) is 0 Å². The van der Waals surface area contributed by atoms with E-state index in [1.807, 2.05) is 76.6 Å². The summed E-state index contributed by atoms with van der Waals surface area (Å²) in [4.78, 5) is 29.7. The summed E-state index contributed by atoms with van der Waals surface area (Å²) in [7, 11) is 6.06. The summed E-state index contributed by atoms with van der Waals surface area (Å²) in [6, 6.07) is 15.0. The van der Waals surface area contributed by atoms with Crippen LogP contribution >= 0.6 is 11.3 Å². The number of fused-ring (bicyclic) bond motifs is 1. The molecule has 0 fully saturated rings. The fourth-order valence-electron chi connectivity index (χ4n) is 3.54. The zero-order valence-corrected chi connectivity index (χ0v) is 21.2. The standard InChI is InChI=1S/C26H30N6O2S/c1-18(28-26-32(4)19(17-35-26)16-34-14-13-31(2)3)20-9-5-6-10-21(20)30-25(33)24-15-27-22-11-7-8-12-23(22)29-24/h5-12,15,17-18H,13-14,16H2,1-4H3,(H,30,33). The summed E-state index contributed by atoms with van der Waals surface area (Å²) in [6.07, 6.45) is 1.50. The number of nitrogens with zero attached hydrogens (tertiary/aromatic N) is 5. The SMILES string of the molecule is CC(N=c1scc(COCCN(C)C)n1C)c1ccccc1NC(=O)c1cnc2ccccc2n1. The highest BCUT2D eigenvalue weighted by Gasteiger charge is 2.15. The maximum Gasteiger partial charge on any atom is 0.275 e. The van der Waals surface area contributed by atoms with Gasteiger partial charge in [-0.2, -0.15) is 0 Å². The third-order valence-electron chi connectivity index (χ3n) is 5.60. The molecule has 4 rings (SSSR count). The molecule has 1 atom stereocenters. The number of anilines is 1. The molecule has 1 N–H and O–H groups in total. The molecular formula is C26H30N6O2S. The number of rotatable bonds is 9. The molecular weight excluding hydrogens is 460 g/mol. The van der Waals surface area contributed by atoms with E-state index < -0.39 is 0 Å². The molecule has 0 saturated heterocycles. The monoisotopic (exact) mass is 490 g/mol. The lowest BCUT2D eigenvalue weighted by molar-refractivity contribution is 0.101. The number of para-hydroxylation sites is 3. The number of benzene rings is 2. The Hall–Kier alpha value is -3.40. The number of likely N-dealkylation sites (N-methyl/N-ethyl adjacent to an activating group) is 1.